The number of carbonyl (C=O) groups excluding carboxylic acids is 1. The van der Waals surface area contributed by atoms with Gasteiger partial charge >= 0.3 is 5.97 Å². The largest absolute Gasteiger partial charge is 0.465 e. The van der Waals surface area contributed by atoms with Crippen LogP contribution in [0, 0.1) is 6.92 Å². The summed E-state index contributed by atoms with van der Waals surface area (Å²) in [6, 6.07) is 3.83. The zero-order chi connectivity index (χ0) is 17.6. The van der Waals surface area contributed by atoms with Crippen LogP contribution in [-0.2, 0) is 9.53 Å². The molecule has 0 saturated carbocycles. The highest BCUT2D eigenvalue weighted by Crippen LogP contribution is 2.22. The molecule has 1 fully saturated rings. The molecule has 1 saturated heterocycles. The van der Waals surface area contributed by atoms with E-state index in [4.69, 9.17) is 9.26 Å². The van der Waals surface area contributed by atoms with Crippen LogP contribution in [0.4, 0.5) is 5.82 Å². The van der Waals surface area contributed by atoms with Crippen molar-refractivity contribution >= 4 is 11.8 Å². The van der Waals surface area contributed by atoms with Gasteiger partial charge in [-0.05, 0) is 32.4 Å². The molecule has 0 radical (unpaired) electrons. The van der Waals surface area contributed by atoms with Gasteiger partial charge < -0.3 is 14.2 Å². The fourth-order valence-corrected chi connectivity index (χ4v) is 2.89. The number of anilines is 1. The predicted molar refractivity (Wildman–Crippen MR) is 92.2 cm³/mol. The number of hydrogen-bond donors (Lipinski definition) is 0. The molecule has 25 heavy (non-hydrogen) atoms. The first-order valence-electron chi connectivity index (χ1n) is 8.55. The van der Waals surface area contributed by atoms with Crippen LogP contribution in [0.15, 0.2) is 22.9 Å². The van der Waals surface area contributed by atoms with Crippen LogP contribution in [0.5, 0.6) is 0 Å². The van der Waals surface area contributed by atoms with Gasteiger partial charge in [0.25, 0.3) is 5.89 Å². The molecule has 0 bridgehead atoms. The Balaban J connectivity index is 1.65. The molecule has 2 aromatic rings. The van der Waals surface area contributed by atoms with Gasteiger partial charge in [0.2, 0.25) is 0 Å². The lowest BCUT2D eigenvalue weighted by molar-refractivity contribution is -0.144. The van der Waals surface area contributed by atoms with Crippen molar-refractivity contribution in [1.29, 1.82) is 0 Å². The summed E-state index contributed by atoms with van der Waals surface area (Å²) < 4.78 is 10.3. The maximum atomic E-state index is 11.7. The SMILES string of the molecule is CCOC(=O)CN1CCCN(c2cc(-c3nc(C)no3)ccn2)CC1. The van der Waals surface area contributed by atoms with Crippen molar-refractivity contribution in [2.24, 2.45) is 0 Å². The van der Waals surface area contributed by atoms with E-state index in [2.05, 4.69) is 24.9 Å². The van der Waals surface area contributed by atoms with Gasteiger partial charge in [0.1, 0.15) is 5.82 Å². The normalized spacial score (nSPS) is 15.8. The first-order chi connectivity index (χ1) is 12.2. The van der Waals surface area contributed by atoms with Crippen molar-refractivity contribution < 1.29 is 14.1 Å². The average molecular weight is 345 g/mol. The first-order valence-corrected chi connectivity index (χ1v) is 8.55. The van der Waals surface area contributed by atoms with Gasteiger partial charge in [-0.2, -0.15) is 4.98 Å². The fraction of sp³-hybridized carbons (Fsp3) is 0.529. The highest BCUT2D eigenvalue weighted by Gasteiger charge is 2.19. The molecule has 0 spiro atoms. The zero-order valence-corrected chi connectivity index (χ0v) is 14.6. The van der Waals surface area contributed by atoms with E-state index in [0.29, 0.717) is 24.9 Å². The van der Waals surface area contributed by atoms with Crippen LogP contribution in [-0.4, -0.2) is 65.3 Å². The monoisotopic (exact) mass is 345 g/mol. The molecule has 0 aromatic carbocycles. The summed E-state index contributed by atoms with van der Waals surface area (Å²) in [4.78, 5) is 24.8. The van der Waals surface area contributed by atoms with Crippen molar-refractivity contribution in [3.8, 4) is 11.5 Å². The van der Waals surface area contributed by atoms with Crippen LogP contribution in [0.25, 0.3) is 11.5 Å². The summed E-state index contributed by atoms with van der Waals surface area (Å²) in [5.74, 6) is 1.83. The molecule has 3 heterocycles. The van der Waals surface area contributed by atoms with Crippen LogP contribution in [0.2, 0.25) is 0 Å². The molecule has 0 unspecified atom stereocenters. The van der Waals surface area contributed by atoms with Gasteiger partial charge in [0.05, 0.1) is 13.2 Å². The highest BCUT2D eigenvalue weighted by molar-refractivity contribution is 5.71. The lowest BCUT2D eigenvalue weighted by atomic mass is 10.2. The zero-order valence-electron chi connectivity index (χ0n) is 14.6. The van der Waals surface area contributed by atoms with E-state index in [1.165, 1.54) is 0 Å². The van der Waals surface area contributed by atoms with Crippen LogP contribution in [0.1, 0.15) is 19.2 Å². The van der Waals surface area contributed by atoms with E-state index in [1.54, 1.807) is 13.1 Å². The summed E-state index contributed by atoms with van der Waals surface area (Å²) in [6.45, 7) is 7.74. The van der Waals surface area contributed by atoms with Crippen molar-refractivity contribution in [2.75, 3.05) is 44.2 Å². The molecule has 1 aliphatic heterocycles. The fourth-order valence-electron chi connectivity index (χ4n) is 2.89. The van der Waals surface area contributed by atoms with Gasteiger partial charge in [0, 0.05) is 37.9 Å². The Hall–Kier alpha value is -2.48. The highest BCUT2D eigenvalue weighted by atomic mass is 16.5. The molecule has 0 aliphatic carbocycles. The molecular weight excluding hydrogens is 322 g/mol. The Morgan fingerprint density at radius 2 is 2.20 bits per heavy atom. The second-order valence-electron chi connectivity index (χ2n) is 5.97. The van der Waals surface area contributed by atoms with Crippen LogP contribution >= 0.6 is 0 Å². The summed E-state index contributed by atoms with van der Waals surface area (Å²) >= 11 is 0. The number of aromatic nitrogens is 3. The Kier molecular flexibility index (Phi) is 5.60. The second kappa shape index (κ2) is 8.06. The minimum atomic E-state index is -0.164. The van der Waals surface area contributed by atoms with E-state index in [1.807, 2.05) is 19.1 Å². The Bertz CT molecular complexity index is 718. The molecule has 1 aliphatic rings. The van der Waals surface area contributed by atoms with Crippen LogP contribution < -0.4 is 4.90 Å². The number of pyridine rings is 1. The molecule has 134 valence electrons. The standard InChI is InChI=1S/C17H23N5O3/c1-3-24-16(23)12-21-7-4-8-22(10-9-21)15-11-14(5-6-18-15)17-19-13(2)20-25-17/h5-6,11H,3-4,7-10,12H2,1-2H3. The van der Waals surface area contributed by atoms with Gasteiger partial charge in [-0.25, -0.2) is 4.98 Å². The van der Waals surface area contributed by atoms with E-state index < -0.39 is 0 Å². The molecule has 0 N–H and O–H groups in total. The Morgan fingerprint density at radius 1 is 1.32 bits per heavy atom. The summed E-state index contributed by atoms with van der Waals surface area (Å²) in [7, 11) is 0. The first kappa shape index (κ1) is 17.3. The number of carbonyl (C=O) groups is 1. The lowest BCUT2D eigenvalue weighted by Gasteiger charge is -2.22. The van der Waals surface area contributed by atoms with E-state index in [-0.39, 0.29) is 5.97 Å². The molecular formula is C17H23N5O3. The molecule has 2 aromatic heterocycles. The third kappa shape index (κ3) is 4.54. The predicted octanol–water partition coefficient (Wildman–Crippen LogP) is 1.52. The quantitative estimate of drug-likeness (QED) is 0.754. The number of ether oxygens (including phenoxy) is 1. The van der Waals surface area contributed by atoms with E-state index in [9.17, 15) is 4.79 Å². The van der Waals surface area contributed by atoms with E-state index in [0.717, 1.165) is 44.0 Å². The summed E-state index contributed by atoms with van der Waals surface area (Å²) in [5, 5.41) is 3.83. The summed E-state index contributed by atoms with van der Waals surface area (Å²) in [5.41, 5.74) is 0.859. The number of rotatable bonds is 5. The van der Waals surface area contributed by atoms with Crippen LogP contribution in [0.3, 0.4) is 0 Å². The van der Waals surface area contributed by atoms with E-state index >= 15 is 0 Å². The molecule has 8 heteroatoms. The molecule has 0 amide bonds. The molecule has 3 rings (SSSR count). The Morgan fingerprint density at radius 3 is 2.96 bits per heavy atom. The van der Waals surface area contributed by atoms with Crippen molar-refractivity contribution in [3.05, 3.63) is 24.2 Å². The topological polar surface area (TPSA) is 84.6 Å². The van der Waals surface area contributed by atoms with Crippen molar-refractivity contribution in [2.45, 2.75) is 20.3 Å². The van der Waals surface area contributed by atoms with Gasteiger partial charge in [-0.1, -0.05) is 5.16 Å². The van der Waals surface area contributed by atoms with Crippen molar-refractivity contribution in [3.63, 3.8) is 0 Å². The van der Waals surface area contributed by atoms with Gasteiger partial charge in [-0.15, -0.1) is 0 Å². The van der Waals surface area contributed by atoms with Crippen molar-refractivity contribution in [1.82, 2.24) is 20.0 Å². The smallest absolute Gasteiger partial charge is 0.320 e. The number of esters is 1. The van der Waals surface area contributed by atoms with Gasteiger partial charge in [0.15, 0.2) is 5.82 Å². The van der Waals surface area contributed by atoms with Gasteiger partial charge in [-0.3, -0.25) is 9.69 Å². The minimum absolute atomic E-state index is 0.164. The third-order valence-corrected chi connectivity index (χ3v) is 4.09. The second-order valence-corrected chi connectivity index (χ2v) is 5.97. The maximum Gasteiger partial charge on any atom is 0.320 e. The number of aryl methyl sites for hydroxylation is 1. The average Bonchev–Trinajstić information content (AvgIpc) is 2.91. The molecule has 8 nitrogen and oxygen atoms in total. The Labute approximate surface area is 146 Å². The number of hydrogen-bond acceptors (Lipinski definition) is 8. The summed E-state index contributed by atoms with van der Waals surface area (Å²) in [6.07, 6.45) is 2.72. The third-order valence-electron chi connectivity index (χ3n) is 4.09. The molecule has 0 atom stereocenters. The minimum Gasteiger partial charge on any atom is -0.465 e. The maximum absolute atomic E-state index is 11.7. The lowest BCUT2D eigenvalue weighted by Crippen LogP contribution is -2.35. The number of nitrogens with zero attached hydrogens (tertiary/aromatic N) is 5.